The van der Waals surface area contributed by atoms with Gasteiger partial charge in [0, 0.05) is 33.4 Å². The van der Waals surface area contributed by atoms with E-state index >= 15 is 0 Å². The predicted molar refractivity (Wildman–Crippen MR) is 111 cm³/mol. The van der Waals surface area contributed by atoms with Gasteiger partial charge in [-0.2, -0.15) is 5.10 Å². The van der Waals surface area contributed by atoms with Gasteiger partial charge in [-0.25, -0.2) is 9.97 Å². The van der Waals surface area contributed by atoms with Crippen LogP contribution in [-0.4, -0.2) is 55.7 Å². The summed E-state index contributed by atoms with van der Waals surface area (Å²) in [7, 11) is 5.47. The van der Waals surface area contributed by atoms with Gasteiger partial charge in [0.25, 0.3) is 0 Å². The van der Waals surface area contributed by atoms with E-state index in [1.54, 1.807) is 22.0 Å². The van der Waals surface area contributed by atoms with Gasteiger partial charge in [-0.3, -0.25) is 9.48 Å². The number of rotatable bonds is 4. The Labute approximate surface area is 173 Å². The van der Waals surface area contributed by atoms with Crippen molar-refractivity contribution in [2.45, 2.75) is 12.5 Å². The van der Waals surface area contributed by atoms with Crippen molar-refractivity contribution >= 4 is 34.4 Å². The van der Waals surface area contributed by atoms with Crippen molar-refractivity contribution in [3.63, 3.8) is 0 Å². The number of amides is 1. The van der Waals surface area contributed by atoms with Crippen LogP contribution in [0.2, 0.25) is 5.02 Å². The van der Waals surface area contributed by atoms with Crippen molar-refractivity contribution in [1.82, 2.24) is 29.6 Å². The number of nitrogens with one attached hydrogen (secondary N) is 2. The molecule has 2 bridgehead atoms. The van der Waals surface area contributed by atoms with E-state index in [4.69, 9.17) is 11.6 Å². The fraction of sp³-hybridized carbons (Fsp3) is 0.400. The van der Waals surface area contributed by atoms with E-state index in [0.29, 0.717) is 22.4 Å². The maximum absolute atomic E-state index is 12.9. The number of imidazole rings is 1. The van der Waals surface area contributed by atoms with Gasteiger partial charge in [0.05, 0.1) is 34.6 Å². The van der Waals surface area contributed by atoms with Crippen LogP contribution < -0.4 is 5.32 Å². The molecule has 3 aromatic heterocycles. The molecule has 0 spiro atoms. The molecule has 0 radical (unpaired) electrons. The molecular weight excluding hydrogens is 390 g/mol. The fourth-order valence-electron chi connectivity index (χ4n) is 4.58. The van der Waals surface area contributed by atoms with Crippen LogP contribution in [0.5, 0.6) is 0 Å². The average molecular weight is 412 g/mol. The molecule has 0 aromatic carbocycles. The van der Waals surface area contributed by atoms with Crippen LogP contribution in [0.25, 0.3) is 22.6 Å². The van der Waals surface area contributed by atoms with Gasteiger partial charge in [0.2, 0.25) is 5.91 Å². The maximum atomic E-state index is 12.9. The number of hydrogen-bond donors (Lipinski definition) is 2. The Morgan fingerprint density at radius 2 is 2.10 bits per heavy atom. The van der Waals surface area contributed by atoms with E-state index in [1.807, 2.05) is 27.3 Å². The molecule has 1 amide bonds. The van der Waals surface area contributed by atoms with Crippen molar-refractivity contribution in [2.75, 3.05) is 19.4 Å². The highest BCUT2D eigenvalue weighted by atomic mass is 35.5. The molecule has 0 saturated heterocycles. The minimum atomic E-state index is -0.111. The van der Waals surface area contributed by atoms with E-state index < -0.39 is 0 Å². The molecule has 0 aliphatic heterocycles. The summed E-state index contributed by atoms with van der Waals surface area (Å²) in [6.45, 7) is 0. The second-order valence-corrected chi connectivity index (χ2v) is 8.45. The van der Waals surface area contributed by atoms with E-state index in [0.717, 1.165) is 23.2 Å². The second-order valence-electron chi connectivity index (χ2n) is 8.04. The maximum Gasteiger partial charge on any atom is 0.227 e. The van der Waals surface area contributed by atoms with Crippen LogP contribution in [0.15, 0.2) is 30.7 Å². The van der Waals surface area contributed by atoms with Crippen molar-refractivity contribution in [2.24, 2.45) is 24.8 Å². The zero-order valence-corrected chi connectivity index (χ0v) is 17.2. The normalized spacial score (nSPS) is 25.1. The second kappa shape index (κ2) is 6.59. The molecule has 9 heteroatoms. The van der Waals surface area contributed by atoms with Crippen molar-refractivity contribution in [3.8, 4) is 11.4 Å². The molecule has 2 aliphatic carbocycles. The Bertz CT molecular complexity index is 1130. The number of carbonyl (C=O) groups is 1. The summed E-state index contributed by atoms with van der Waals surface area (Å²) in [6, 6.07) is -0.0202. The monoisotopic (exact) mass is 411 g/mol. The van der Waals surface area contributed by atoms with Gasteiger partial charge in [-0.15, -0.1) is 0 Å². The third-order valence-electron chi connectivity index (χ3n) is 5.95. The SMILES string of the molecule is CN(C)C(=O)[C@@H]1[C@H](Nc2c(Cl)cnc3nc(-c4cnn(C)c4)[nH]c23)[C@H]2C=C[C@@H]1C2. The minimum Gasteiger partial charge on any atom is -0.378 e. The molecule has 0 unspecified atom stereocenters. The third kappa shape index (κ3) is 2.90. The van der Waals surface area contributed by atoms with Crippen LogP contribution in [0, 0.1) is 17.8 Å². The number of H-pyrrole nitrogens is 1. The van der Waals surface area contributed by atoms with Gasteiger partial charge >= 0.3 is 0 Å². The standard InChI is InChI=1S/C20H22ClN7O/c1-27(2)20(29)14-10-4-5-11(6-10)15(14)24-16-13(21)8-22-19-17(16)25-18(26-19)12-7-23-28(3)9-12/h4-5,7-11,14-15H,6H2,1-3H3,(H2,22,24,25,26)/t10-,11+,14+,15-/m1/s1. The lowest BCUT2D eigenvalue weighted by Gasteiger charge is -2.31. The molecule has 2 aliphatic rings. The van der Waals surface area contributed by atoms with E-state index in [1.165, 1.54) is 0 Å². The number of aryl methyl sites for hydroxylation is 1. The zero-order valence-electron chi connectivity index (χ0n) is 16.4. The van der Waals surface area contributed by atoms with Gasteiger partial charge < -0.3 is 15.2 Å². The number of hydrogen-bond acceptors (Lipinski definition) is 5. The van der Waals surface area contributed by atoms with Crippen LogP contribution in [0.3, 0.4) is 0 Å². The number of halogens is 1. The van der Waals surface area contributed by atoms with Gasteiger partial charge in [0.15, 0.2) is 5.65 Å². The van der Waals surface area contributed by atoms with Gasteiger partial charge in [0.1, 0.15) is 11.3 Å². The molecule has 3 heterocycles. The molecule has 5 rings (SSSR count). The Morgan fingerprint density at radius 1 is 1.31 bits per heavy atom. The molecule has 4 atom stereocenters. The van der Waals surface area contributed by atoms with E-state index in [-0.39, 0.29) is 23.8 Å². The van der Waals surface area contributed by atoms with Gasteiger partial charge in [-0.05, 0) is 18.3 Å². The van der Waals surface area contributed by atoms with Crippen LogP contribution in [-0.2, 0) is 11.8 Å². The highest BCUT2D eigenvalue weighted by Crippen LogP contribution is 2.46. The summed E-state index contributed by atoms with van der Waals surface area (Å²) in [6.07, 6.45) is 10.6. The Morgan fingerprint density at radius 3 is 2.83 bits per heavy atom. The highest BCUT2D eigenvalue weighted by Gasteiger charge is 2.49. The first-order valence-corrected chi connectivity index (χ1v) is 9.99. The lowest BCUT2D eigenvalue weighted by molar-refractivity contribution is -0.133. The molecule has 1 saturated carbocycles. The Balaban J connectivity index is 1.54. The number of aromatic nitrogens is 5. The van der Waals surface area contributed by atoms with E-state index in [9.17, 15) is 4.79 Å². The molecule has 29 heavy (non-hydrogen) atoms. The quantitative estimate of drug-likeness (QED) is 0.644. The summed E-state index contributed by atoms with van der Waals surface area (Å²) in [5, 5.41) is 8.28. The number of pyridine rings is 1. The predicted octanol–water partition coefficient (Wildman–Crippen LogP) is 2.70. The number of nitrogens with zero attached hydrogens (tertiary/aromatic N) is 5. The highest BCUT2D eigenvalue weighted by molar-refractivity contribution is 6.34. The average Bonchev–Trinajstić information content (AvgIpc) is 3.45. The largest absolute Gasteiger partial charge is 0.378 e. The number of anilines is 1. The molecular formula is C20H22ClN7O. The van der Waals surface area contributed by atoms with Crippen molar-refractivity contribution < 1.29 is 4.79 Å². The molecule has 2 N–H and O–H groups in total. The van der Waals surface area contributed by atoms with Gasteiger partial charge in [-0.1, -0.05) is 23.8 Å². The van der Waals surface area contributed by atoms with Crippen LogP contribution in [0.1, 0.15) is 6.42 Å². The number of allylic oxidation sites excluding steroid dienone is 1. The molecule has 8 nitrogen and oxygen atoms in total. The number of fused-ring (bicyclic) bond motifs is 3. The molecule has 1 fully saturated rings. The minimum absolute atomic E-state index is 0.0202. The fourth-order valence-corrected chi connectivity index (χ4v) is 4.77. The number of carbonyl (C=O) groups excluding carboxylic acids is 1. The van der Waals surface area contributed by atoms with Crippen molar-refractivity contribution in [1.29, 1.82) is 0 Å². The number of aromatic amines is 1. The summed E-state index contributed by atoms with van der Waals surface area (Å²) in [5.41, 5.74) is 2.92. The van der Waals surface area contributed by atoms with E-state index in [2.05, 4.69) is 37.5 Å². The summed E-state index contributed by atoms with van der Waals surface area (Å²) < 4.78 is 1.72. The lowest BCUT2D eigenvalue weighted by atomic mass is 9.87. The summed E-state index contributed by atoms with van der Waals surface area (Å²) in [5.74, 6) is 1.27. The first kappa shape index (κ1) is 18.2. The first-order valence-electron chi connectivity index (χ1n) is 9.61. The molecule has 3 aromatic rings. The van der Waals surface area contributed by atoms with Crippen molar-refractivity contribution in [3.05, 3.63) is 35.8 Å². The summed E-state index contributed by atoms with van der Waals surface area (Å²) >= 11 is 6.53. The van der Waals surface area contributed by atoms with Crippen LogP contribution in [0.4, 0.5) is 5.69 Å². The Kier molecular flexibility index (Phi) is 4.13. The molecule has 150 valence electrons. The smallest absolute Gasteiger partial charge is 0.227 e. The zero-order chi connectivity index (χ0) is 20.3. The first-order chi connectivity index (χ1) is 13.9. The van der Waals surface area contributed by atoms with Crippen LogP contribution >= 0.6 is 11.6 Å². The third-order valence-corrected chi connectivity index (χ3v) is 6.23. The summed E-state index contributed by atoms with van der Waals surface area (Å²) in [4.78, 5) is 26.8. The topological polar surface area (TPSA) is 91.7 Å². The Hall–Kier alpha value is -2.87. The lowest BCUT2D eigenvalue weighted by Crippen LogP contribution is -2.43.